The number of carbonyl (C=O) groups excluding carboxylic acids is 1. The number of benzene rings is 1. The molecule has 1 N–H and O–H groups in total. The summed E-state index contributed by atoms with van der Waals surface area (Å²) < 4.78 is 0. The molecule has 0 bridgehead atoms. The van der Waals surface area contributed by atoms with Crippen molar-refractivity contribution in [3.63, 3.8) is 0 Å². The van der Waals surface area contributed by atoms with Crippen molar-refractivity contribution in [1.82, 2.24) is 20.0 Å². The summed E-state index contributed by atoms with van der Waals surface area (Å²) in [5.41, 5.74) is 1.56. The van der Waals surface area contributed by atoms with Crippen LogP contribution >= 0.6 is 0 Å². The van der Waals surface area contributed by atoms with E-state index >= 15 is 0 Å². The number of piperazine rings is 1. The van der Waals surface area contributed by atoms with E-state index in [2.05, 4.69) is 52.5 Å². The molecule has 144 valence electrons. The van der Waals surface area contributed by atoms with E-state index < -0.39 is 0 Å². The minimum absolute atomic E-state index is 0.153. The van der Waals surface area contributed by atoms with Crippen LogP contribution in [-0.2, 0) is 11.3 Å². The van der Waals surface area contributed by atoms with Crippen LogP contribution in [0.5, 0.6) is 0 Å². The van der Waals surface area contributed by atoms with Crippen LogP contribution in [0.25, 0.3) is 0 Å². The van der Waals surface area contributed by atoms with Gasteiger partial charge in [0, 0.05) is 58.1 Å². The van der Waals surface area contributed by atoms with Crippen molar-refractivity contribution in [3.05, 3.63) is 47.7 Å². The second-order valence-corrected chi connectivity index (χ2v) is 7.47. The zero-order valence-electron chi connectivity index (χ0n) is 16.1. The molecule has 27 heavy (non-hydrogen) atoms. The molecule has 1 aromatic carbocycles. The number of carbonyl (C=O) groups is 1. The first-order valence-electron chi connectivity index (χ1n) is 9.76. The SMILES string of the molecule is CN1CCN(C(=O)/C(C#N)=C\NC2CCN(Cc3ccccc3)CC2)CC1. The van der Waals surface area contributed by atoms with Gasteiger partial charge in [0.05, 0.1) is 0 Å². The van der Waals surface area contributed by atoms with Crippen LogP contribution in [0.15, 0.2) is 42.1 Å². The standard InChI is InChI=1S/C21H29N5O/c1-24-11-13-26(14-12-24)21(27)19(15-22)16-23-20-7-9-25(10-8-20)17-18-5-3-2-4-6-18/h2-6,16,20,23H,7-14,17H2,1H3/b19-16-. The molecule has 0 saturated carbocycles. The van der Waals surface area contributed by atoms with Crippen molar-refractivity contribution in [3.8, 4) is 6.07 Å². The first-order valence-corrected chi connectivity index (χ1v) is 9.76. The summed E-state index contributed by atoms with van der Waals surface area (Å²) in [5, 5.41) is 12.7. The third-order valence-electron chi connectivity index (χ3n) is 5.44. The predicted molar refractivity (Wildman–Crippen MR) is 106 cm³/mol. The van der Waals surface area contributed by atoms with Gasteiger partial charge >= 0.3 is 0 Å². The third kappa shape index (κ3) is 5.56. The predicted octanol–water partition coefficient (Wildman–Crippen LogP) is 1.42. The average Bonchev–Trinajstić information content (AvgIpc) is 2.71. The molecule has 1 amide bonds. The van der Waals surface area contributed by atoms with Crippen LogP contribution in [-0.4, -0.2) is 73.0 Å². The molecule has 0 aliphatic carbocycles. The second kappa shape index (κ2) is 9.54. The molecular formula is C21H29N5O. The third-order valence-corrected chi connectivity index (χ3v) is 5.44. The second-order valence-electron chi connectivity index (χ2n) is 7.47. The molecule has 3 rings (SSSR count). The lowest BCUT2D eigenvalue weighted by molar-refractivity contribution is -0.128. The van der Waals surface area contributed by atoms with Gasteiger partial charge in [0.1, 0.15) is 11.6 Å². The summed E-state index contributed by atoms with van der Waals surface area (Å²) in [7, 11) is 2.05. The van der Waals surface area contributed by atoms with Crippen LogP contribution < -0.4 is 5.32 Å². The number of piperidine rings is 1. The van der Waals surface area contributed by atoms with Crippen molar-refractivity contribution in [2.24, 2.45) is 0 Å². The zero-order valence-corrected chi connectivity index (χ0v) is 16.1. The summed E-state index contributed by atoms with van der Waals surface area (Å²) in [6.07, 6.45) is 3.67. The summed E-state index contributed by atoms with van der Waals surface area (Å²) >= 11 is 0. The van der Waals surface area contributed by atoms with Crippen molar-refractivity contribution < 1.29 is 4.79 Å². The van der Waals surface area contributed by atoms with Gasteiger partial charge in [0.2, 0.25) is 0 Å². The number of nitrogens with zero attached hydrogens (tertiary/aromatic N) is 4. The van der Waals surface area contributed by atoms with Crippen LogP contribution in [0.1, 0.15) is 18.4 Å². The summed E-state index contributed by atoms with van der Waals surface area (Å²) in [5.74, 6) is -0.153. The van der Waals surface area contributed by atoms with Gasteiger partial charge in [-0.05, 0) is 25.5 Å². The topological polar surface area (TPSA) is 62.6 Å². The monoisotopic (exact) mass is 367 g/mol. The highest BCUT2D eigenvalue weighted by molar-refractivity contribution is 5.97. The van der Waals surface area contributed by atoms with E-state index in [4.69, 9.17) is 0 Å². The van der Waals surface area contributed by atoms with Gasteiger partial charge in [0.15, 0.2) is 0 Å². The molecule has 0 spiro atoms. The largest absolute Gasteiger partial charge is 0.387 e. The van der Waals surface area contributed by atoms with E-state index in [-0.39, 0.29) is 11.5 Å². The molecular weight excluding hydrogens is 338 g/mol. The minimum Gasteiger partial charge on any atom is -0.387 e. The van der Waals surface area contributed by atoms with Gasteiger partial charge in [-0.25, -0.2) is 0 Å². The quantitative estimate of drug-likeness (QED) is 0.630. The van der Waals surface area contributed by atoms with Gasteiger partial charge in [-0.3, -0.25) is 9.69 Å². The van der Waals surface area contributed by atoms with Crippen LogP contribution in [0, 0.1) is 11.3 Å². The highest BCUT2D eigenvalue weighted by Crippen LogP contribution is 2.14. The van der Waals surface area contributed by atoms with E-state index in [1.165, 1.54) is 5.56 Å². The van der Waals surface area contributed by atoms with E-state index in [0.29, 0.717) is 19.1 Å². The van der Waals surface area contributed by atoms with Gasteiger partial charge in [-0.15, -0.1) is 0 Å². The summed E-state index contributed by atoms with van der Waals surface area (Å²) in [4.78, 5) is 19.0. The van der Waals surface area contributed by atoms with Crippen LogP contribution in [0.3, 0.4) is 0 Å². The Morgan fingerprint density at radius 1 is 1.15 bits per heavy atom. The van der Waals surface area contributed by atoms with Crippen molar-refractivity contribution >= 4 is 5.91 Å². The lowest BCUT2D eigenvalue weighted by atomic mass is 10.0. The van der Waals surface area contributed by atoms with E-state index in [9.17, 15) is 10.1 Å². The number of nitriles is 1. The molecule has 0 atom stereocenters. The van der Waals surface area contributed by atoms with Gasteiger partial charge in [-0.2, -0.15) is 5.26 Å². The fraction of sp³-hybridized carbons (Fsp3) is 0.524. The number of nitrogens with one attached hydrogen (secondary N) is 1. The first kappa shape index (κ1) is 19.4. The van der Waals surface area contributed by atoms with E-state index in [1.54, 1.807) is 11.1 Å². The summed E-state index contributed by atoms with van der Waals surface area (Å²) in [6, 6.07) is 12.9. The molecule has 2 saturated heterocycles. The maximum Gasteiger partial charge on any atom is 0.266 e. The Labute approximate surface area is 162 Å². The minimum atomic E-state index is -0.153. The molecule has 0 aromatic heterocycles. The van der Waals surface area contributed by atoms with Crippen LogP contribution in [0.4, 0.5) is 0 Å². The Balaban J connectivity index is 1.46. The molecule has 6 nitrogen and oxygen atoms in total. The molecule has 0 unspecified atom stereocenters. The summed E-state index contributed by atoms with van der Waals surface area (Å²) in [6.45, 7) is 6.12. The van der Waals surface area contributed by atoms with Crippen LogP contribution in [0.2, 0.25) is 0 Å². The number of hydrogen-bond donors (Lipinski definition) is 1. The average molecular weight is 367 g/mol. The Hall–Kier alpha value is -2.36. The highest BCUT2D eigenvalue weighted by Gasteiger charge is 2.23. The first-order chi connectivity index (χ1) is 13.2. The van der Waals surface area contributed by atoms with Crippen molar-refractivity contribution in [2.75, 3.05) is 46.3 Å². The Morgan fingerprint density at radius 3 is 2.44 bits per heavy atom. The fourth-order valence-electron chi connectivity index (χ4n) is 3.62. The lowest BCUT2D eigenvalue weighted by Crippen LogP contribution is -2.47. The Bertz CT molecular complexity index is 680. The fourth-order valence-corrected chi connectivity index (χ4v) is 3.62. The Morgan fingerprint density at radius 2 is 1.81 bits per heavy atom. The number of likely N-dealkylation sites (N-methyl/N-ethyl adjacent to an activating group) is 1. The number of amides is 1. The van der Waals surface area contributed by atoms with Gasteiger partial charge in [-0.1, -0.05) is 30.3 Å². The Kier molecular flexibility index (Phi) is 6.86. The van der Waals surface area contributed by atoms with E-state index in [0.717, 1.165) is 45.6 Å². The zero-order chi connectivity index (χ0) is 19.1. The molecule has 2 fully saturated rings. The number of hydrogen-bond acceptors (Lipinski definition) is 5. The molecule has 2 aliphatic heterocycles. The van der Waals surface area contributed by atoms with Gasteiger partial charge in [0.25, 0.3) is 5.91 Å². The normalized spacial score (nSPS) is 20.3. The lowest BCUT2D eigenvalue weighted by Gasteiger charge is -2.33. The van der Waals surface area contributed by atoms with Gasteiger partial charge < -0.3 is 15.1 Å². The molecule has 6 heteroatoms. The maximum atomic E-state index is 12.5. The highest BCUT2D eigenvalue weighted by atomic mass is 16.2. The number of rotatable bonds is 5. The van der Waals surface area contributed by atoms with E-state index in [1.807, 2.05) is 6.07 Å². The number of likely N-dealkylation sites (tertiary alicyclic amines) is 1. The maximum absolute atomic E-state index is 12.5. The molecule has 2 aliphatic rings. The molecule has 2 heterocycles. The van der Waals surface area contributed by atoms with Crippen molar-refractivity contribution in [2.45, 2.75) is 25.4 Å². The molecule has 0 radical (unpaired) electrons. The smallest absolute Gasteiger partial charge is 0.266 e. The van der Waals surface area contributed by atoms with Crippen molar-refractivity contribution in [1.29, 1.82) is 5.26 Å². The molecule has 1 aromatic rings.